The third-order valence-electron chi connectivity index (χ3n) is 0.974. The molecule has 0 N–H and O–H groups in total. The van der Waals surface area contributed by atoms with Gasteiger partial charge in [-0.15, -0.1) is 12.6 Å². The quantitative estimate of drug-likeness (QED) is 0.540. The van der Waals surface area contributed by atoms with Crippen molar-refractivity contribution in [3.63, 3.8) is 0 Å². The van der Waals surface area contributed by atoms with Crippen LogP contribution in [-0.4, -0.2) is 0 Å². The Kier molecular flexibility index (Phi) is 3.10. The molecule has 10 heavy (non-hydrogen) atoms. The van der Waals surface area contributed by atoms with Crippen molar-refractivity contribution in [2.75, 3.05) is 0 Å². The van der Waals surface area contributed by atoms with Crippen molar-refractivity contribution < 1.29 is 0 Å². The molecule has 4 heteroatoms. The largest absolute Gasteiger partial charge is 0.142 e. The second-order valence-corrected chi connectivity index (χ2v) is 4.29. The number of thiol groups is 1. The van der Waals surface area contributed by atoms with Crippen LogP contribution in [0.4, 0.5) is 0 Å². The van der Waals surface area contributed by atoms with Gasteiger partial charge < -0.3 is 0 Å². The van der Waals surface area contributed by atoms with E-state index in [1.807, 2.05) is 6.07 Å². The average molecular weight is 302 g/mol. The maximum atomic E-state index is 5.72. The minimum atomic E-state index is 0.681. The molecule has 0 saturated heterocycles. The molecule has 1 aromatic carbocycles. The van der Waals surface area contributed by atoms with Crippen LogP contribution in [0.2, 0.25) is 5.02 Å². The van der Waals surface area contributed by atoms with Gasteiger partial charge in [0.2, 0.25) is 0 Å². The van der Waals surface area contributed by atoms with Gasteiger partial charge in [-0.3, -0.25) is 0 Å². The molecule has 0 aromatic heterocycles. The summed E-state index contributed by atoms with van der Waals surface area (Å²) in [7, 11) is 0. The molecule has 1 rings (SSSR count). The SMILES string of the molecule is Sc1cc(Cl)cc(Br)c1Br. The van der Waals surface area contributed by atoms with E-state index in [9.17, 15) is 0 Å². The van der Waals surface area contributed by atoms with Crippen LogP contribution in [0.15, 0.2) is 26.0 Å². The summed E-state index contributed by atoms with van der Waals surface area (Å²) in [6.07, 6.45) is 0. The van der Waals surface area contributed by atoms with Gasteiger partial charge in [-0.25, -0.2) is 0 Å². The molecule has 1 aromatic rings. The smallest absolute Gasteiger partial charge is 0.0451 e. The first-order chi connectivity index (χ1) is 4.61. The minimum absolute atomic E-state index is 0.681. The lowest BCUT2D eigenvalue weighted by atomic mass is 10.4. The Bertz CT molecular complexity index is 239. The summed E-state index contributed by atoms with van der Waals surface area (Å²) in [5.74, 6) is 0. The van der Waals surface area contributed by atoms with Crippen molar-refractivity contribution in [3.8, 4) is 0 Å². The van der Waals surface area contributed by atoms with Gasteiger partial charge in [0.05, 0.1) is 0 Å². The Morgan fingerprint density at radius 2 is 1.90 bits per heavy atom. The van der Waals surface area contributed by atoms with Crippen LogP contribution >= 0.6 is 56.1 Å². The Morgan fingerprint density at radius 1 is 1.30 bits per heavy atom. The van der Waals surface area contributed by atoms with Gasteiger partial charge >= 0.3 is 0 Å². The molecule has 0 spiro atoms. The first kappa shape index (κ1) is 8.91. The van der Waals surface area contributed by atoms with E-state index in [0.717, 1.165) is 13.8 Å². The summed E-state index contributed by atoms with van der Waals surface area (Å²) in [6.45, 7) is 0. The zero-order valence-electron chi connectivity index (χ0n) is 4.74. The Balaban J connectivity index is 3.31. The lowest BCUT2D eigenvalue weighted by molar-refractivity contribution is 1.39. The average Bonchev–Trinajstić information content (AvgIpc) is 1.82. The maximum Gasteiger partial charge on any atom is 0.0451 e. The van der Waals surface area contributed by atoms with E-state index in [1.165, 1.54) is 0 Å². The van der Waals surface area contributed by atoms with Crippen molar-refractivity contribution >= 4 is 56.1 Å². The number of hydrogen-bond donors (Lipinski definition) is 1. The third kappa shape index (κ3) is 1.91. The number of benzene rings is 1. The molecule has 0 aliphatic rings. The van der Waals surface area contributed by atoms with Crippen LogP contribution in [0.25, 0.3) is 0 Å². The van der Waals surface area contributed by atoms with Gasteiger partial charge in [0.25, 0.3) is 0 Å². The highest BCUT2D eigenvalue weighted by molar-refractivity contribution is 9.13. The predicted octanol–water partition coefficient (Wildman–Crippen LogP) is 4.15. The minimum Gasteiger partial charge on any atom is -0.142 e. The molecule has 0 aliphatic heterocycles. The van der Waals surface area contributed by atoms with Crippen molar-refractivity contribution in [2.24, 2.45) is 0 Å². The van der Waals surface area contributed by atoms with Crippen molar-refractivity contribution in [1.82, 2.24) is 0 Å². The van der Waals surface area contributed by atoms with Crippen LogP contribution in [0.5, 0.6) is 0 Å². The molecule has 0 nitrogen and oxygen atoms in total. The van der Waals surface area contributed by atoms with Gasteiger partial charge in [0, 0.05) is 18.9 Å². The first-order valence-electron chi connectivity index (χ1n) is 2.45. The highest BCUT2D eigenvalue weighted by Gasteiger charge is 2.01. The van der Waals surface area contributed by atoms with Crippen LogP contribution in [0.1, 0.15) is 0 Å². The van der Waals surface area contributed by atoms with Crippen LogP contribution in [0, 0.1) is 0 Å². The number of halogens is 3. The molecule has 0 amide bonds. The Labute approximate surface area is 86.6 Å². The first-order valence-corrected chi connectivity index (χ1v) is 4.86. The van der Waals surface area contributed by atoms with Gasteiger partial charge in [0.15, 0.2) is 0 Å². The molecule has 0 fully saturated rings. The third-order valence-corrected chi connectivity index (χ3v) is 3.86. The molecule has 0 radical (unpaired) electrons. The van der Waals surface area contributed by atoms with Crippen LogP contribution in [-0.2, 0) is 0 Å². The van der Waals surface area contributed by atoms with E-state index in [0.29, 0.717) is 5.02 Å². The highest BCUT2D eigenvalue weighted by Crippen LogP contribution is 2.32. The zero-order valence-corrected chi connectivity index (χ0v) is 9.56. The van der Waals surface area contributed by atoms with Crippen molar-refractivity contribution in [3.05, 3.63) is 26.1 Å². The van der Waals surface area contributed by atoms with Crippen LogP contribution in [0.3, 0.4) is 0 Å². The van der Waals surface area contributed by atoms with Crippen molar-refractivity contribution in [1.29, 1.82) is 0 Å². The fraction of sp³-hybridized carbons (Fsp3) is 0. The topological polar surface area (TPSA) is 0 Å². The molecule has 0 heterocycles. The molecule has 0 bridgehead atoms. The second kappa shape index (κ2) is 3.48. The van der Waals surface area contributed by atoms with E-state index < -0.39 is 0 Å². The number of hydrogen-bond acceptors (Lipinski definition) is 1. The fourth-order valence-electron chi connectivity index (χ4n) is 0.542. The second-order valence-electron chi connectivity index (χ2n) is 1.72. The fourth-order valence-corrected chi connectivity index (χ4v) is 2.07. The summed E-state index contributed by atoms with van der Waals surface area (Å²) >= 11 is 16.5. The summed E-state index contributed by atoms with van der Waals surface area (Å²) in [5, 5.41) is 0.681. The molecule has 0 aliphatic carbocycles. The zero-order chi connectivity index (χ0) is 7.72. The van der Waals surface area contributed by atoms with E-state index in [-0.39, 0.29) is 0 Å². The predicted molar refractivity (Wildman–Crippen MR) is 54.1 cm³/mol. The Hall–Kier alpha value is 0.820. The lowest BCUT2D eigenvalue weighted by Crippen LogP contribution is -1.73. The number of rotatable bonds is 0. The summed E-state index contributed by atoms with van der Waals surface area (Å²) in [5.41, 5.74) is 0. The molecule has 0 unspecified atom stereocenters. The standard InChI is InChI=1S/C6H3Br2ClS/c7-4-1-3(9)2-5(10)6(4)8/h1-2,10H. The molecular weight excluding hydrogens is 299 g/mol. The Morgan fingerprint density at radius 3 is 2.40 bits per heavy atom. The summed E-state index contributed by atoms with van der Waals surface area (Å²) in [6, 6.07) is 3.59. The lowest BCUT2D eigenvalue weighted by Gasteiger charge is -1.99. The van der Waals surface area contributed by atoms with Crippen LogP contribution < -0.4 is 0 Å². The molecular formula is C6H3Br2ClS. The van der Waals surface area contributed by atoms with Gasteiger partial charge in [0.1, 0.15) is 0 Å². The maximum absolute atomic E-state index is 5.72. The molecule has 0 saturated carbocycles. The van der Waals surface area contributed by atoms with E-state index in [1.54, 1.807) is 6.07 Å². The summed E-state index contributed by atoms with van der Waals surface area (Å²) < 4.78 is 1.85. The highest BCUT2D eigenvalue weighted by atomic mass is 79.9. The van der Waals surface area contributed by atoms with Gasteiger partial charge in [-0.2, -0.15) is 0 Å². The van der Waals surface area contributed by atoms with Gasteiger partial charge in [-0.05, 0) is 44.0 Å². The summed E-state index contributed by atoms with van der Waals surface area (Å²) in [4.78, 5) is 0.833. The van der Waals surface area contributed by atoms with E-state index >= 15 is 0 Å². The molecule has 0 atom stereocenters. The van der Waals surface area contributed by atoms with E-state index in [2.05, 4.69) is 44.5 Å². The van der Waals surface area contributed by atoms with E-state index in [4.69, 9.17) is 11.6 Å². The van der Waals surface area contributed by atoms with Crippen molar-refractivity contribution in [2.45, 2.75) is 4.90 Å². The monoisotopic (exact) mass is 300 g/mol. The normalized spacial score (nSPS) is 10.0. The van der Waals surface area contributed by atoms with Gasteiger partial charge in [-0.1, -0.05) is 11.6 Å². The molecule has 54 valence electrons.